The number of aromatic nitrogens is 2. The number of nitrogens with two attached hydrogens (primary N) is 1. The van der Waals surface area contributed by atoms with E-state index in [1.54, 1.807) is 6.20 Å². The van der Waals surface area contributed by atoms with E-state index in [1.165, 1.54) is 5.56 Å². The second-order valence-electron chi connectivity index (χ2n) is 5.26. The Morgan fingerprint density at radius 3 is 2.76 bits per heavy atom. The first-order chi connectivity index (χ1) is 10.1. The van der Waals surface area contributed by atoms with E-state index in [9.17, 15) is 0 Å². The molecule has 3 rings (SSSR count). The van der Waals surface area contributed by atoms with Gasteiger partial charge in [0.05, 0.1) is 0 Å². The zero-order valence-electron chi connectivity index (χ0n) is 12.2. The van der Waals surface area contributed by atoms with Gasteiger partial charge in [0, 0.05) is 60.0 Å². The molecular formula is C17H18N4. The molecule has 21 heavy (non-hydrogen) atoms. The molecule has 2 N–H and O–H groups in total. The first-order valence-electron chi connectivity index (χ1n) is 6.90. The normalized spacial score (nSPS) is 10.8. The van der Waals surface area contributed by atoms with Crippen LogP contribution in [0, 0.1) is 6.92 Å². The highest BCUT2D eigenvalue weighted by Gasteiger charge is 2.09. The Kier molecular flexibility index (Phi) is 3.44. The molecule has 0 amide bonds. The van der Waals surface area contributed by atoms with Crippen molar-refractivity contribution in [2.24, 2.45) is 0 Å². The van der Waals surface area contributed by atoms with Gasteiger partial charge in [0.25, 0.3) is 0 Å². The zero-order valence-corrected chi connectivity index (χ0v) is 12.2. The van der Waals surface area contributed by atoms with E-state index in [4.69, 9.17) is 5.73 Å². The van der Waals surface area contributed by atoms with Crippen molar-refractivity contribution in [2.75, 3.05) is 17.7 Å². The summed E-state index contributed by atoms with van der Waals surface area (Å²) in [5.41, 5.74) is 10.1. The average molecular weight is 278 g/mol. The van der Waals surface area contributed by atoms with Gasteiger partial charge in [-0.2, -0.15) is 0 Å². The van der Waals surface area contributed by atoms with Crippen LogP contribution in [0.2, 0.25) is 0 Å². The summed E-state index contributed by atoms with van der Waals surface area (Å²) < 4.78 is 0. The van der Waals surface area contributed by atoms with Gasteiger partial charge in [-0.3, -0.25) is 9.97 Å². The molecule has 2 aromatic heterocycles. The molecule has 0 saturated carbocycles. The summed E-state index contributed by atoms with van der Waals surface area (Å²) in [6.07, 6.45) is 5.53. The molecule has 0 bridgehead atoms. The monoisotopic (exact) mass is 278 g/mol. The highest BCUT2D eigenvalue weighted by atomic mass is 15.1. The maximum atomic E-state index is 6.06. The van der Waals surface area contributed by atoms with Crippen molar-refractivity contribution in [3.05, 3.63) is 60.2 Å². The van der Waals surface area contributed by atoms with Gasteiger partial charge in [-0.1, -0.05) is 6.07 Å². The third-order valence-electron chi connectivity index (χ3n) is 3.60. The van der Waals surface area contributed by atoms with Crippen LogP contribution in [0.15, 0.2) is 48.9 Å². The molecule has 0 fully saturated rings. The second-order valence-corrected chi connectivity index (χ2v) is 5.26. The maximum absolute atomic E-state index is 6.06. The van der Waals surface area contributed by atoms with Crippen LogP contribution in [-0.2, 0) is 6.54 Å². The topological polar surface area (TPSA) is 55.0 Å². The van der Waals surface area contributed by atoms with Gasteiger partial charge >= 0.3 is 0 Å². The number of rotatable bonds is 3. The largest absolute Gasteiger partial charge is 0.398 e. The summed E-state index contributed by atoms with van der Waals surface area (Å²) in [7, 11) is 2.08. The van der Waals surface area contributed by atoms with Gasteiger partial charge in [0.15, 0.2) is 0 Å². The van der Waals surface area contributed by atoms with E-state index in [0.29, 0.717) is 0 Å². The molecule has 0 aliphatic carbocycles. The van der Waals surface area contributed by atoms with E-state index >= 15 is 0 Å². The molecular weight excluding hydrogens is 260 g/mol. The average Bonchev–Trinajstić information content (AvgIpc) is 2.48. The quantitative estimate of drug-likeness (QED) is 0.748. The van der Waals surface area contributed by atoms with Gasteiger partial charge in [-0.15, -0.1) is 0 Å². The van der Waals surface area contributed by atoms with Gasteiger partial charge in [-0.25, -0.2) is 0 Å². The van der Waals surface area contributed by atoms with Gasteiger partial charge in [-0.05, 0) is 36.8 Å². The van der Waals surface area contributed by atoms with Crippen LogP contribution in [0.4, 0.5) is 11.4 Å². The van der Waals surface area contributed by atoms with E-state index in [-0.39, 0.29) is 0 Å². The van der Waals surface area contributed by atoms with Crippen LogP contribution in [0.1, 0.15) is 11.3 Å². The number of aryl methyl sites for hydroxylation is 1. The van der Waals surface area contributed by atoms with Crippen LogP contribution in [-0.4, -0.2) is 17.0 Å². The summed E-state index contributed by atoms with van der Waals surface area (Å²) in [6, 6.07) is 10.1. The van der Waals surface area contributed by atoms with Crippen molar-refractivity contribution in [3.63, 3.8) is 0 Å². The molecule has 0 saturated heterocycles. The Balaban J connectivity index is 2.03. The van der Waals surface area contributed by atoms with Crippen molar-refractivity contribution in [2.45, 2.75) is 13.5 Å². The third-order valence-corrected chi connectivity index (χ3v) is 3.60. The first-order valence-corrected chi connectivity index (χ1v) is 6.90. The molecule has 0 spiro atoms. The number of nitrogens with zero attached hydrogens (tertiary/aromatic N) is 3. The second kappa shape index (κ2) is 5.40. The molecule has 4 nitrogen and oxygen atoms in total. The van der Waals surface area contributed by atoms with Crippen LogP contribution in [0.25, 0.3) is 10.8 Å². The molecule has 0 unspecified atom stereocenters. The number of hydrogen-bond donors (Lipinski definition) is 1. The van der Waals surface area contributed by atoms with Crippen molar-refractivity contribution >= 4 is 22.1 Å². The molecule has 106 valence electrons. The summed E-state index contributed by atoms with van der Waals surface area (Å²) >= 11 is 0. The fraction of sp³-hybridized carbons (Fsp3) is 0.176. The highest BCUT2D eigenvalue weighted by molar-refractivity contribution is 6.01. The number of anilines is 2. The van der Waals surface area contributed by atoms with E-state index in [1.807, 2.05) is 31.5 Å². The Morgan fingerprint density at radius 2 is 2.00 bits per heavy atom. The highest BCUT2D eigenvalue weighted by Crippen LogP contribution is 2.31. The predicted octanol–water partition coefficient (Wildman–Crippen LogP) is 3.16. The minimum absolute atomic E-state index is 0.760. The Hall–Kier alpha value is -2.62. The van der Waals surface area contributed by atoms with Crippen LogP contribution >= 0.6 is 0 Å². The zero-order chi connectivity index (χ0) is 14.8. The lowest BCUT2D eigenvalue weighted by molar-refractivity contribution is 0.920. The van der Waals surface area contributed by atoms with Crippen molar-refractivity contribution < 1.29 is 0 Å². The maximum Gasteiger partial charge on any atom is 0.0449 e. The minimum Gasteiger partial charge on any atom is -0.398 e. The number of benzene rings is 1. The molecule has 4 heteroatoms. The summed E-state index contributed by atoms with van der Waals surface area (Å²) in [4.78, 5) is 10.7. The molecule has 0 atom stereocenters. The summed E-state index contributed by atoms with van der Waals surface area (Å²) in [5.74, 6) is 0. The fourth-order valence-electron chi connectivity index (χ4n) is 2.53. The first kappa shape index (κ1) is 13.4. The fourth-order valence-corrected chi connectivity index (χ4v) is 2.53. The van der Waals surface area contributed by atoms with Crippen molar-refractivity contribution in [3.8, 4) is 0 Å². The summed E-state index contributed by atoms with van der Waals surface area (Å²) in [6.45, 7) is 2.79. The van der Waals surface area contributed by atoms with Gasteiger partial charge < -0.3 is 10.6 Å². The lowest BCUT2D eigenvalue weighted by atomic mass is 10.1. The Labute approximate surface area is 124 Å². The number of pyridine rings is 2. The lowest BCUT2D eigenvalue weighted by Gasteiger charge is -2.22. The van der Waals surface area contributed by atoms with Crippen molar-refractivity contribution in [1.82, 2.24) is 9.97 Å². The minimum atomic E-state index is 0.760. The molecule has 2 heterocycles. The molecule has 1 aromatic carbocycles. The number of fused-ring (bicyclic) bond motifs is 1. The Bertz CT molecular complexity index is 768. The van der Waals surface area contributed by atoms with Crippen LogP contribution in [0.3, 0.4) is 0 Å². The summed E-state index contributed by atoms with van der Waals surface area (Å²) in [5, 5.41) is 2.13. The van der Waals surface area contributed by atoms with E-state index in [0.717, 1.165) is 34.4 Å². The number of nitrogen functional groups attached to an aromatic ring is 1. The van der Waals surface area contributed by atoms with Crippen LogP contribution < -0.4 is 10.6 Å². The lowest BCUT2D eigenvalue weighted by Crippen LogP contribution is -2.17. The predicted molar refractivity (Wildman–Crippen MR) is 87.2 cm³/mol. The molecule has 0 aliphatic rings. The SMILES string of the molecule is Cc1cc2c(N(C)Cc3cccnc3)ccc(N)c2cn1. The van der Waals surface area contributed by atoms with Gasteiger partial charge in [0.1, 0.15) is 0 Å². The Morgan fingerprint density at radius 1 is 1.14 bits per heavy atom. The molecule has 0 aliphatic heterocycles. The van der Waals surface area contributed by atoms with Gasteiger partial charge in [0.2, 0.25) is 0 Å². The van der Waals surface area contributed by atoms with E-state index < -0.39 is 0 Å². The van der Waals surface area contributed by atoms with E-state index in [2.05, 4.69) is 40.1 Å². The van der Waals surface area contributed by atoms with Crippen molar-refractivity contribution in [1.29, 1.82) is 0 Å². The smallest absolute Gasteiger partial charge is 0.0449 e. The molecule has 3 aromatic rings. The molecule has 0 radical (unpaired) electrons. The standard InChI is InChI=1S/C17H18N4/c1-12-8-14-15(10-20-12)16(18)5-6-17(14)21(2)11-13-4-3-7-19-9-13/h3-10H,11,18H2,1-2H3. The van der Waals surface area contributed by atoms with Crippen LogP contribution in [0.5, 0.6) is 0 Å². The third kappa shape index (κ3) is 2.65. The number of hydrogen-bond acceptors (Lipinski definition) is 4.